The van der Waals surface area contributed by atoms with Crippen molar-refractivity contribution in [3.05, 3.63) is 56.5 Å². The third-order valence-corrected chi connectivity index (χ3v) is 4.25. The van der Waals surface area contributed by atoms with Crippen LogP contribution in [0.3, 0.4) is 0 Å². The molecule has 0 saturated carbocycles. The van der Waals surface area contributed by atoms with E-state index < -0.39 is 23.6 Å². The number of nitrogens with one attached hydrogen (secondary N) is 1. The third kappa shape index (κ3) is 2.97. The molecule has 2 rings (SSSR count). The largest absolute Gasteiger partial charge is 0.419 e. The third-order valence-electron chi connectivity index (χ3n) is 2.83. The fourth-order valence-electron chi connectivity index (χ4n) is 1.90. The van der Waals surface area contributed by atoms with Gasteiger partial charge in [0.05, 0.1) is 16.6 Å². The predicted molar refractivity (Wildman–Crippen MR) is 71.6 cm³/mol. The van der Waals surface area contributed by atoms with E-state index in [1.807, 2.05) is 0 Å². The first-order valence-electron chi connectivity index (χ1n) is 5.61. The summed E-state index contributed by atoms with van der Waals surface area (Å²) in [6.07, 6.45) is -4.70. The summed E-state index contributed by atoms with van der Waals surface area (Å²) in [4.78, 5) is 0.730. The summed E-state index contributed by atoms with van der Waals surface area (Å²) >= 11 is 7.36. The van der Waals surface area contributed by atoms with Crippen LogP contribution >= 0.6 is 22.9 Å². The van der Waals surface area contributed by atoms with Gasteiger partial charge in [0, 0.05) is 4.88 Å². The Morgan fingerprint density at radius 1 is 1.25 bits per heavy atom. The van der Waals surface area contributed by atoms with E-state index in [1.54, 1.807) is 18.5 Å². The van der Waals surface area contributed by atoms with E-state index in [1.165, 1.54) is 17.4 Å². The van der Waals surface area contributed by atoms with Gasteiger partial charge in [0.25, 0.3) is 0 Å². The Balaban J connectivity index is 2.43. The lowest BCUT2D eigenvalue weighted by atomic mass is 10.0. The van der Waals surface area contributed by atoms with Gasteiger partial charge in [-0.15, -0.1) is 11.3 Å². The Morgan fingerprint density at radius 3 is 2.40 bits per heavy atom. The zero-order valence-electron chi connectivity index (χ0n) is 10.3. The normalized spacial score (nSPS) is 13.5. The van der Waals surface area contributed by atoms with Gasteiger partial charge in [-0.05, 0) is 36.2 Å². The maximum atomic E-state index is 13.6. The molecule has 0 bridgehead atoms. The first-order valence-corrected chi connectivity index (χ1v) is 6.87. The molecule has 108 valence electrons. The van der Waals surface area contributed by atoms with Crippen molar-refractivity contribution in [3.8, 4) is 0 Å². The Kier molecular flexibility index (Phi) is 4.36. The molecule has 0 spiro atoms. The number of alkyl halides is 3. The number of hydrogen-bond donors (Lipinski definition) is 1. The second kappa shape index (κ2) is 5.71. The number of benzene rings is 1. The van der Waals surface area contributed by atoms with Crippen LogP contribution in [0.1, 0.15) is 22.0 Å². The Labute approximate surface area is 122 Å². The summed E-state index contributed by atoms with van der Waals surface area (Å²) in [5, 5.41) is 5.19. The summed E-state index contributed by atoms with van der Waals surface area (Å²) in [6, 6.07) is 4.13. The predicted octanol–water partition coefficient (Wildman–Crippen LogP) is 4.87. The molecule has 0 radical (unpaired) electrons. The van der Waals surface area contributed by atoms with Crippen molar-refractivity contribution in [3.63, 3.8) is 0 Å². The van der Waals surface area contributed by atoms with E-state index in [4.69, 9.17) is 11.6 Å². The quantitative estimate of drug-likeness (QED) is 0.795. The van der Waals surface area contributed by atoms with Crippen molar-refractivity contribution >= 4 is 22.9 Å². The molecule has 1 atom stereocenters. The fourth-order valence-corrected chi connectivity index (χ4v) is 3.20. The van der Waals surface area contributed by atoms with Crippen LogP contribution in [-0.2, 0) is 6.18 Å². The van der Waals surface area contributed by atoms with Crippen LogP contribution < -0.4 is 5.32 Å². The molecule has 0 saturated heterocycles. The first kappa shape index (κ1) is 15.3. The van der Waals surface area contributed by atoms with Crippen LogP contribution in [0.15, 0.2) is 29.6 Å². The van der Waals surface area contributed by atoms with Gasteiger partial charge in [0.1, 0.15) is 5.82 Å². The van der Waals surface area contributed by atoms with Gasteiger partial charge in [0.2, 0.25) is 0 Å². The van der Waals surface area contributed by atoms with Crippen molar-refractivity contribution in [2.45, 2.75) is 12.2 Å². The summed E-state index contributed by atoms with van der Waals surface area (Å²) in [5.41, 5.74) is -0.879. The van der Waals surface area contributed by atoms with Crippen LogP contribution in [-0.4, -0.2) is 7.05 Å². The number of thiophene rings is 1. The molecule has 2 aromatic rings. The van der Waals surface area contributed by atoms with Crippen molar-refractivity contribution in [1.29, 1.82) is 0 Å². The summed E-state index contributed by atoms with van der Waals surface area (Å²) in [5.74, 6) is -1.29. The maximum absolute atomic E-state index is 13.6. The lowest BCUT2D eigenvalue weighted by Crippen LogP contribution is -2.18. The van der Waals surface area contributed by atoms with Gasteiger partial charge < -0.3 is 5.32 Å². The van der Waals surface area contributed by atoms with Gasteiger partial charge in [-0.3, -0.25) is 0 Å². The van der Waals surface area contributed by atoms with Gasteiger partial charge >= 0.3 is 6.18 Å². The van der Waals surface area contributed by atoms with Crippen LogP contribution in [0, 0.1) is 5.82 Å². The molecule has 1 aromatic heterocycles. The molecule has 1 heterocycles. The van der Waals surface area contributed by atoms with E-state index in [-0.39, 0.29) is 0 Å². The van der Waals surface area contributed by atoms with Crippen LogP contribution in [0.4, 0.5) is 17.6 Å². The molecule has 1 nitrogen and oxygen atoms in total. The summed E-state index contributed by atoms with van der Waals surface area (Å²) in [7, 11) is 1.64. The van der Waals surface area contributed by atoms with Crippen molar-refractivity contribution in [1.82, 2.24) is 5.32 Å². The Hall–Kier alpha value is -1.11. The minimum atomic E-state index is -4.70. The molecule has 1 aromatic carbocycles. The standard InChI is InChI=1S/C13H10ClF4NS/c1-19-11(12-9(14)4-5-20-12)7-2-3-8(10(15)6-7)13(16,17)18/h2-6,11,19H,1H3. The van der Waals surface area contributed by atoms with E-state index in [0.717, 1.165) is 17.0 Å². The molecular weight excluding hydrogens is 314 g/mol. The molecule has 0 aliphatic rings. The van der Waals surface area contributed by atoms with Gasteiger partial charge in [-0.25, -0.2) is 4.39 Å². The van der Waals surface area contributed by atoms with Gasteiger partial charge in [0.15, 0.2) is 0 Å². The lowest BCUT2D eigenvalue weighted by molar-refractivity contribution is -0.140. The summed E-state index contributed by atoms with van der Waals surface area (Å²) in [6.45, 7) is 0. The minimum absolute atomic E-state index is 0.391. The number of rotatable bonds is 3. The van der Waals surface area contributed by atoms with E-state index in [0.29, 0.717) is 10.6 Å². The highest BCUT2D eigenvalue weighted by molar-refractivity contribution is 7.10. The lowest BCUT2D eigenvalue weighted by Gasteiger charge is -2.17. The van der Waals surface area contributed by atoms with E-state index in [2.05, 4.69) is 5.32 Å². The van der Waals surface area contributed by atoms with Crippen molar-refractivity contribution < 1.29 is 17.6 Å². The zero-order valence-corrected chi connectivity index (χ0v) is 11.8. The fraction of sp³-hybridized carbons (Fsp3) is 0.231. The summed E-state index contributed by atoms with van der Waals surface area (Å²) < 4.78 is 51.2. The molecule has 1 N–H and O–H groups in total. The van der Waals surface area contributed by atoms with E-state index >= 15 is 0 Å². The Morgan fingerprint density at radius 2 is 1.95 bits per heavy atom. The van der Waals surface area contributed by atoms with Crippen LogP contribution in [0.2, 0.25) is 5.02 Å². The molecular formula is C13H10ClF4NS. The van der Waals surface area contributed by atoms with E-state index in [9.17, 15) is 17.6 Å². The van der Waals surface area contributed by atoms with Crippen LogP contribution in [0.5, 0.6) is 0 Å². The van der Waals surface area contributed by atoms with Gasteiger partial charge in [-0.1, -0.05) is 17.7 Å². The number of hydrogen-bond acceptors (Lipinski definition) is 2. The molecule has 1 unspecified atom stereocenters. The molecule has 0 aliphatic heterocycles. The molecule has 0 amide bonds. The topological polar surface area (TPSA) is 12.0 Å². The molecule has 7 heteroatoms. The van der Waals surface area contributed by atoms with Crippen LogP contribution in [0.25, 0.3) is 0 Å². The maximum Gasteiger partial charge on any atom is 0.419 e. The molecule has 0 fully saturated rings. The highest BCUT2D eigenvalue weighted by Crippen LogP contribution is 2.36. The highest BCUT2D eigenvalue weighted by Gasteiger charge is 2.34. The van der Waals surface area contributed by atoms with Crippen molar-refractivity contribution in [2.24, 2.45) is 0 Å². The molecule has 0 aliphatic carbocycles. The van der Waals surface area contributed by atoms with Crippen molar-refractivity contribution in [2.75, 3.05) is 7.05 Å². The second-order valence-corrected chi connectivity index (χ2v) is 5.45. The smallest absolute Gasteiger partial charge is 0.309 e. The SMILES string of the molecule is CNC(c1ccc(C(F)(F)F)c(F)c1)c1sccc1Cl. The highest BCUT2D eigenvalue weighted by atomic mass is 35.5. The molecule has 20 heavy (non-hydrogen) atoms. The Bertz CT molecular complexity index is 609. The first-order chi connectivity index (χ1) is 9.34. The minimum Gasteiger partial charge on any atom is -0.309 e. The average Bonchev–Trinajstić information content (AvgIpc) is 2.75. The number of halogens is 5. The second-order valence-electron chi connectivity index (χ2n) is 4.09. The average molecular weight is 324 g/mol. The zero-order chi connectivity index (χ0) is 14.9. The monoisotopic (exact) mass is 323 g/mol. The van der Waals surface area contributed by atoms with Gasteiger partial charge in [-0.2, -0.15) is 13.2 Å².